The Morgan fingerprint density at radius 1 is 1.07 bits per heavy atom. The van der Waals surface area contributed by atoms with Gasteiger partial charge in [-0.15, -0.1) is 0 Å². The van der Waals surface area contributed by atoms with Gasteiger partial charge >= 0.3 is 0 Å². The van der Waals surface area contributed by atoms with Gasteiger partial charge in [0.25, 0.3) is 0 Å². The van der Waals surface area contributed by atoms with Gasteiger partial charge < -0.3 is 10.2 Å². The van der Waals surface area contributed by atoms with E-state index in [9.17, 15) is 9.59 Å². The van der Waals surface area contributed by atoms with Gasteiger partial charge in [0.05, 0.1) is 5.92 Å². The largest absolute Gasteiger partial charge is 0.326 e. The van der Waals surface area contributed by atoms with Gasteiger partial charge in [-0.1, -0.05) is 18.2 Å². The predicted molar refractivity (Wildman–Crippen MR) is 109 cm³/mol. The molecular formula is C22H21N5O2. The first-order valence-corrected chi connectivity index (χ1v) is 9.86. The molecule has 1 saturated heterocycles. The van der Waals surface area contributed by atoms with Gasteiger partial charge in [0.2, 0.25) is 11.8 Å². The summed E-state index contributed by atoms with van der Waals surface area (Å²) >= 11 is 0. The Balaban J connectivity index is 1.23. The lowest BCUT2D eigenvalue weighted by atomic mass is 10.1. The summed E-state index contributed by atoms with van der Waals surface area (Å²) in [7, 11) is 0. The molecule has 2 N–H and O–H groups in total. The van der Waals surface area contributed by atoms with Crippen molar-refractivity contribution >= 4 is 23.2 Å². The number of nitrogens with one attached hydrogen (secondary N) is 2. The molecule has 7 heteroatoms. The maximum atomic E-state index is 12.7. The average Bonchev–Trinajstić information content (AvgIpc) is 3.34. The number of benzene rings is 2. The van der Waals surface area contributed by atoms with Crippen LogP contribution in [0.25, 0.3) is 11.4 Å². The van der Waals surface area contributed by atoms with Crippen LogP contribution in [0.5, 0.6) is 0 Å². The van der Waals surface area contributed by atoms with E-state index < -0.39 is 0 Å². The van der Waals surface area contributed by atoms with E-state index in [0.29, 0.717) is 24.0 Å². The molecule has 146 valence electrons. The molecule has 1 aliphatic carbocycles. The number of hydrogen-bond acceptors (Lipinski definition) is 4. The standard InChI is InChI=1S/C22H21N5O2/c28-19-12-16(13-27(19)18-4-2-1-3-5-18)22(29)23-17-10-8-15(9-11-17)21-24-20(25-26-21)14-6-7-14/h1-5,8-11,14,16H,6-7,12-13H2,(H,23,29)(H,24,25,26). The Morgan fingerprint density at radius 3 is 2.55 bits per heavy atom. The number of hydrogen-bond donors (Lipinski definition) is 2. The zero-order valence-electron chi connectivity index (χ0n) is 15.8. The molecule has 2 aliphatic rings. The van der Waals surface area contributed by atoms with Crippen LogP contribution in [0.1, 0.15) is 31.0 Å². The normalized spacial score (nSPS) is 18.8. The highest BCUT2D eigenvalue weighted by Crippen LogP contribution is 2.38. The van der Waals surface area contributed by atoms with Crippen LogP contribution in [0.3, 0.4) is 0 Å². The van der Waals surface area contributed by atoms with E-state index in [1.165, 1.54) is 12.8 Å². The number of carbonyl (C=O) groups excluding carboxylic acids is 2. The lowest BCUT2D eigenvalue weighted by molar-refractivity contribution is -0.122. The number of aromatic amines is 1. The van der Waals surface area contributed by atoms with Gasteiger partial charge in [-0.2, -0.15) is 5.10 Å². The number of anilines is 2. The molecule has 5 rings (SSSR count). The van der Waals surface area contributed by atoms with E-state index in [1.54, 1.807) is 4.90 Å². The van der Waals surface area contributed by atoms with E-state index in [0.717, 1.165) is 17.1 Å². The summed E-state index contributed by atoms with van der Waals surface area (Å²) in [5.41, 5.74) is 2.42. The molecule has 2 fully saturated rings. The predicted octanol–water partition coefficient (Wildman–Crippen LogP) is 3.34. The molecule has 1 aliphatic heterocycles. The maximum Gasteiger partial charge on any atom is 0.229 e. The Kier molecular flexibility index (Phi) is 4.35. The van der Waals surface area contributed by atoms with Gasteiger partial charge in [0.1, 0.15) is 5.82 Å². The third kappa shape index (κ3) is 3.63. The number of rotatable bonds is 5. The highest BCUT2D eigenvalue weighted by atomic mass is 16.2. The fraction of sp³-hybridized carbons (Fsp3) is 0.273. The van der Waals surface area contributed by atoms with Crippen molar-refractivity contribution in [1.29, 1.82) is 0 Å². The van der Waals surface area contributed by atoms with E-state index in [2.05, 4.69) is 20.5 Å². The smallest absolute Gasteiger partial charge is 0.229 e. The van der Waals surface area contributed by atoms with E-state index in [-0.39, 0.29) is 24.2 Å². The van der Waals surface area contributed by atoms with Gasteiger partial charge in [0.15, 0.2) is 5.82 Å². The van der Waals surface area contributed by atoms with E-state index in [4.69, 9.17) is 0 Å². The van der Waals surface area contributed by atoms with E-state index >= 15 is 0 Å². The van der Waals surface area contributed by atoms with Crippen molar-refractivity contribution in [2.45, 2.75) is 25.2 Å². The summed E-state index contributed by atoms with van der Waals surface area (Å²) in [6.45, 7) is 0.397. The number of amides is 2. The fourth-order valence-corrected chi connectivity index (χ4v) is 3.63. The minimum Gasteiger partial charge on any atom is -0.326 e. The first-order chi connectivity index (χ1) is 14.2. The molecule has 0 bridgehead atoms. The Hall–Kier alpha value is -3.48. The number of carbonyl (C=O) groups is 2. The Bertz CT molecular complexity index is 1040. The van der Waals surface area contributed by atoms with Crippen LogP contribution in [0.15, 0.2) is 54.6 Å². The summed E-state index contributed by atoms with van der Waals surface area (Å²) in [4.78, 5) is 31.2. The summed E-state index contributed by atoms with van der Waals surface area (Å²) in [6, 6.07) is 16.9. The second kappa shape index (κ2) is 7.16. The van der Waals surface area contributed by atoms with Crippen LogP contribution in [0.2, 0.25) is 0 Å². The molecule has 7 nitrogen and oxygen atoms in total. The van der Waals surface area contributed by atoms with Crippen LogP contribution < -0.4 is 10.2 Å². The number of aromatic nitrogens is 3. The molecular weight excluding hydrogens is 366 g/mol. The molecule has 3 aromatic rings. The lowest BCUT2D eigenvalue weighted by Gasteiger charge is -2.16. The fourth-order valence-electron chi connectivity index (χ4n) is 3.63. The monoisotopic (exact) mass is 387 g/mol. The van der Waals surface area contributed by atoms with Gasteiger partial charge in [-0.05, 0) is 49.2 Å². The first-order valence-electron chi connectivity index (χ1n) is 9.86. The Morgan fingerprint density at radius 2 is 1.83 bits per heavy atom. The van der Waals surface area contributed by atoms with Crippen molar-refractivity contribution in [3.05, 3.63) is 60.4 Å². The molecule has 1 unspecified atom stereocenters. The van der Waals surface area contributed by atoms with Gasteiger partial charge in [0, 0.05) is 35.8 Å². The minimum absolute atomic E-state index is 0.0252. The second-order valence-electron chi connectivity index (χ2n) is 7.63. The van der Waals surface area contributed by atoms with Crippen molar-refractivity contribution in [2.75, 3.05) is 16.8 Å². The molecule has 2 aromatic carbocycles. The Labute approximate surface area is 168 Å². The summed E-state index contributed by atoms with van der Waals surface area (Å²) in [5.74, 6) is 1.62. The third-order valence-electron chi connectivity index (χ3n) is 5.44. The molecule has 1 aromatic heterocycles. The highest BCUT2D eigenvalue weighted by molar-refractivity contribution is 6.03. The van der Waals surface area contributed by atoms with Crippen LogP contribution in [-0.2, 0) is 9.59 Å². The quantitative estimate of drug-likeness (QED) is 0.702. The lowest BCUT2D eigenvalue weighted by Crippen LogP contribution is -2.28. The van der Waals surface area contributed by atoms with Crippen molar-refractivity contribution in [2.24, 2.45) is 5.92 Å². The summed E-state index contributed by atoms with van der Waals surface area (Å²) < 4.78 is 0. The zero-order valence-corrected chi connectivity index (χ0v) is 15.8. The average molecular weight is 387 g/mol. The van der Waals surface area contributed by atoms with Crippen LogP contribution in [-0.4, -0.2) is 33.5 Å². The van der Waals surface area contributed by atoms with Crippen LogP contribution >= 0.6 is 0 Å². The molecule has 1 atom stereocenters. The summed E-state index contributed by atoms with van der Waals surface area (Å²) in [6.07, 6.45) is 2.57. The van der Waals surface area contributed by atoms with Crippen LogP contribution in [0, 0.1) is 5.92 Å². The number of nitrogens with zero attached hydrogens (tertiary/aromatic N) is 3. The molecule has 2 amide bonds. The number of para-hydroxylation sites is 1. The van der Waals surface area contributed by atoms with E-state index in [1.807, 2.05) is 54.6 Å². The van der Waals surface area contributed by atoms with Gasteiger partial charge in [-0.25, -0.2) is 4.98 Å². The topological polar surface area (TPSA) is 91.0 Å². The minimum atomic E-state index is -0.364. The molecule has 1 saturated carbocycles. The zero-order chi connectivity index (χ0) is 19.8. The summed E-state index contributed by atoms with van der Waals surface area (Å²) in [5, 5.41) is 10.2. The molecule has 0 spiro atoms. The van der Waals surface area contributed by atoms with Crippen molar-refractivity contribution in [3.8, 4) is 11.4 Å². The molecule has 29 heavy (non-hydrogen) atoms. The first kappa shape index (κ1) is 17.6. The third-order valence-corrected chi connectivity index (χ3v) is 5.44. The number of H-pyrrole nitrogens is 1. The molecule has 0 radical (unpaired) electrons. The highest BCUT2D eigenvalue weighted by Gasteiger charge is 2.35. The second-order valence-corrected chi connectivity index (χ2v) is 7.63. The van der Waals surface area contributed by atoms with Crippen molar-refractivity contribution in [3.63, 3.8) is 0 Å². The van der Waals surface area contributed by atoms with Crippen molar-refractivity contribution < 1.29 is 9.59 Å². The van der Waals surface area contributed by atoms with Crippen molar-refractivity contribution in [1.82, 2.24) is 15.2 Å². The van der Waals surface area contributed by atoms with Gasteiger partial charge in [-0.3, -0.25) is 14.7 Å². The maximum absolute atomic E-state index is 12.7. The van der Waals surface area contributed by atoms with Crippen LogP contribution in [0.4, 0.5) is 11.4 Å². The molecule has 2 heterocycles. The SMILES string of the molecule is O=C(Nc1ccc(-c2n[nH]c(C3CC3)n2)cc1)C1CC(=O)N(c2ccccc2)C1.